The molecular weight excluding hydrogens is 651 g/mol. The zero-order valence-corrected chi connectivity index (χ0v) is 23.7. The molecule has 4 heterocycles. The van der Waals surface area contributed by atoms with Crippen molar-refractivity contribution in [3.63, 3.8) is 0 Å². The first-order valence-corrected chi connectivity index (χ1v) is 12.6. The Bertz CT molecular complexity index is 1810. The zero-order chi connectivity index (χ0) is 25.1. The second-order valence-corrected chi connectivity index (χ2v) is 10.6. The second kappa shape index (κ2) is 9.25. The van der Waals surface area contributed by atoms with E-state index in [1.165, 1.54) is 11.1 Å². The Morgan fingerprint density at radius 3 is 2.55 bits per heavy atom. The number of pyridine rings is 1. The van der Waals surface area contributed by atoms with Gasteiger partial charge < -0.3 is 13.9 Å². The zero-order valence-electron chi connectivity index (χ0n) is 21.4. The number of rotatable bonds is 3. The van der Waals surface area contributed by atoms with E-state index in [1.807, 2.05) is 30.7 Å². The van der Waals surface area contributed by atoms with Gasteiger partial charge in [0, 0.05) is 42.2 Å². The van der Waals surface area contributed by atoms with Crippen LogP contribution < -0.4 is 4.74 Å². The molecule has 0 atom stereocenters. The molecule has 1 aliphatic rings. The van der Waals surface area contributed by atoms with Crippen LogP contribution in [0.15, 0.2) is 79.3 Å². The molecular formula is C32H26N4OPt. The standard InChI is InChI=1S/C32H26N4O.Pt/c1-32(2,3)22-12-14-33-30(18-22)36-28-7-5-4-6-25(28)26-11-10-24(20-29(26)36)37-23-9-8-21-13-16-35-17-15-34-31(35)27(21)19-23;/h4-12,14-15,17-18H,13,16H2,1-3H3;/q-2;+2. The maximum Gasteiger partial charge on any atom is 2.00 e. The smallest absolute Gasteiger partial charge is 0.503 e. The van der Waals surface area contributed by atoms with Crippen LogP contribution in [0.1, 0.15) is 31.9 Å². The van der Waals surface area contributed by atoms with Gasteiger partial charge in [-0.2, -0.15) is 6.07 Å². The Balaban J connectivity index is 0.00000264. The minimum absolute atomic E-state index is 0. The molecule has 0 unspecified atom stereocenters. The Kier molecular flexibility index (Phi) is 6.00. The average molecular weight is 678 g/mol. The van der Waals surface area contributed by atoms with Crippen LogP contribution in [-0.2, 0) is 39.4 Å². The minimum Gasteiger partial charge on any atom is -0.503 e. The van der Waals surface area contributed by atoms with E-state index in [-0.39, 0.29) is 26.5 Å². The van der Waals surface area contributed by atoms with Gasteiger partial charge in [0.1, 0.15) is 5.82 Å². The number of ether oxygens (including phenoxy) is 1. The molecule has 1 aliphatic heterocycles. The van der Waals surface area contributed by atoms with Gasteiger partial charge in [0.2, 0.25) is 0 Å². The maximum absolute atomic E-state index is 6.33. The summed E-state index contributed by atoms with van der Waals surface area (Å²) in [5, 5.41) is 2.28. The molecule has 0 spiro atoms. The number of imidazole rings is 1. The third-order valence-corrected chi connectivity index (χ3v) is 7.18. The number of fused-ring (bicyclic) bond motifs is 6. The summed E-state index contributed by atoms with van der Waals surface area (Å²) < 4.78 is 10.7. The SMILES string of the molecule is CC(C)(C)c1ccnc(-n2c3[c-]c(Oc4[c-]c5c(cc4)CCn4ccnc4-5)ccc3c3ccccc32)c1.[Pt+2]. The number of hydrogen-bond acceptors (Lipinski definition) is 3. The third kappa shape index (κ3) is 4.06. The molecule has 7 rings (SSSR count). The number of aromatic nitrogens is 4. The Labute approximate surface area is 236 Å². The molecule has 0 radical (unpaired) electrons. The van der Waals surface area contributed by atoms with E-state index in [4.69, 9.17) is 9.72 Å². The van der Waals surface area contributed by atoms with Crippen LogP contribution in [0.25, 0.3) is 39.0 Å². The molecule has 0 aliphatic carbocycles. The van der Waals surface area contributed by atoms with Gasteiger partial charge in [0.15, 0.2) is 0 Å². The van der Waals surface area contributed by atoms with Crippen molar-refractivity contribution in [2.75, 3.05) is 0 Å². The van der Waals surface area contributed by atoms with E-state index < -0.39 is 0 Å². The molecule has 3 aromatic carbocycles. The number of hydrogen-bond donors (Lipinski definition) is 0. The molecule has 3 aromatic heterocycles. The van der Waals surface area contributed by atoms with Crippen molar-refractivity contribution in [1.29, 1.82) is 0 Å². The van der Waals surface area contributed by atoms with E-state index in [2.05, 4.69) is 95.6 Å². The summed E-state index contributed by atoms with van der Waals surface area (Å²) in [6.07, 6.45) is 6.72. The van der Waals surface area contributed by atoms with Crippen molar-refractivity contribution in [3.8, 4) is 28.7 Å². The van der Waals surface area contributed by atoms with Gasteiger partial charge in [-0.15, -0.1) is 40.8 Å². The van der Waals surface area contributed by atoms with Gasteiger partial charge in [0.05, 0.1) is 5.82 Å². The largest absolute Gasteiger partial charge is 2.00 e. The van der Waals surface area contributed by atoms with Crippen LogP contribution >= 0.6 is 0 Å². The fraction of sp³-hybridized carbons (Fsp3) is 0.188. The number of para-hydroxylation sites is 1. The van der Waals surface area contributed by atoms with Crippen LogP contribution in [-0.4, -0.2) is 19.1 Å². The van der Waals surface area contributed by atoms with Gasteiger partial charge in [-0.25, -0.2) is 4.98 Å². The number of aryl methyl sites for hydroxylation is 2. The van der Waals surface area contributed by atoms with Crippen molar-refractivity contribution in [1.82, 2.24) is 19.1 Å². The summed E-state index contributed by atoms with van der Waals surface area (Å²) in [6, 6.07) is 27.9. The fourth-order valence-corrected chi connectivity index (χ4v) is 5.23. The predicted octanol–water partition coefficient (Wildman–Crippen LogP) is 7.29. The van der Waals surface area contributed by atoms with Gasteiger partial charge in [0.25, 0.3) is 0 Å². The minimum atomic E-state index is 0. The van der Waals surface area contributed by atoms with Crippen LogP contribution in [0.5, 0.6) is 11.5 Å². The van der Waals surface area contributed by atoms with Crippen LogP contribution in [0.3, 0.4) is 0 Å². The Hall–Kier alpha value is -3.69. The second-order valence-electron chi connectivity index (χ2n) is 10.6. The summed E-state index contributed by atoms with van der Waals surface area (Å²) in [5.41, 5.74) is 5.54. The summed E-state index contributed by atoms with van der Waals surface area (Å²) in [4.78, 5) is 9.30. The van der Waals surface area contributed by atoms with Crippen LogP contribution in [0.4, 0.5) is 0 Å². The molecule has 38 heavy (non-hydrogen) atoms. The molecule has 0 amide bonds. The van der Waals surface area contributed by atoms with E-state index in [0.29, 0.717) is 11.5 Å². The van der Waals surface area contributed by atoms with Crippen molar-refractivity contribution in [2.24, 2.45) is 0 Å². The van der Waals surface area contributed by atoms with Crippen LogP contribution in [0, 0.1) is 12.1 Å². The van der Waals surface area contributed by atoms with E-state index >= 15 is 0 Å². The molecule has 0 fully saturated rings. The first-order valence-electron chi connectivity index (χ1n) is 12.6. The summed E-state index contributed by atoms with van der Waals surface area (Å²) in [6.45, 7) is 7.60. The average Bonchev–Trinajstić information content (AvgIpc) is 3.51. The molecule has 6 heteroatoms. The Morgan fingerprint density at radius 1 is 0.868 bits per heavy atom. The Morgan fingerprint density at radius 2 is 1.68 bits per heavy atom. The van der Waals surface area contributed by atoms with E-state index in [1.54, 1.807) is 0 Å². The number of nitrogens with zero attached hydrogens (tertiary/aromatic N) is 4. The molecule has 6 aromatic rings. The predicted molar refractivity (Wildman–Crippen MR) is 146 cm³/mol. The molecule has 0 N–H and O–H groups in total. The first-order chi connectivity index (χ1) is 18.0. The monoisotopic (exact) mass is 677 g/mol. The van der Waals surface area contributed by atoms with Gasteiger partial charge in [-0.3, -0.25) is 4.98 Å². The molecule has 190 valence electrons. The van der Waals surface area contributed by atoms with Crippen molar-refractivity contribution >= 4 is 21.8 Å². The van der Waals surface area contributed by atoms with Crippen LogP contribution in [0.2, 0.25) is 0 Å². The third-order valence-electron chi connectivity index (χ3n) is 7.18. The van der Waals surface area contributed by atoms with Crippen molar-refractivity contribution in [3.05, 3.63) is 103 Å². The quantitative estimate of drug-likeness (QED) is 0.185. The normalized spacial score (nSPS) is 12.7. The van der Waals surface area contributed by atoms with Crippen molar-refractivity contribution in [2.45, 2.75) is 39.2 Å². The molecule has 5 nitrogen and oxygen atoms in total. The van der Waals surface area contributed by atoms with Gasteiger partial charge in [-0.05, 0) is 41.0 Å². The van der Waals surface area contributed by atoms with E-state index in [0.717, 1.165) is 52.0 Å². The topological polar surface area (TPSA) is 44.9 Å². The molecule has 0 saturated carbocycles. The van der Waals surface area contributed by atoms with Crippen molar-refractivity contribution < 1.29 is 25.8 Å². The number of benzene rings is 3. The molecule has 0 bridgehead atoms. The fourth-order valence-electron chi connectivity index (χ4n) is 5.23. The van der Waals surface area contributed by atoms with Gasteiger partial charge >= 0.3 is 21.1 Å². The van der Waals surface area contributed by atoms with Gasteiger partial charge in [-0.1, -0.05) is 50.6 Å². The maximum atomic E-state index is 6.33. The molecule has 0 saturated heterocycles. The summed E-state index contributed by atoms with van der Waals surface area (Å²) >= 11 is 0. The summed E-state index contributed by atoms with van der Waals surface area (Å²) in [7, 11) is 0. The summed E-state index contributed by atoms with van der Waals surface area (Å²) in [5.74, 6) is 3.11. The first kappa shape index (κ1) is 24.6. The van der Waals surface area contributed by atoms with E-state index in [9.17, 15) is 0 Å².